The van der Waals surface area contributed by atoms with Crippen molar-refractivity contribution in [2.45, 2.75) is 20.3 Å². The summed E-state index contributed by atoms with van der Waals surface area (Å²) in [5, 5.41) is 10.6. The summed E-state index contributed by atoms with van der Waals surface area (Å²) >= 11 is 0. The average molecular weight is 246 g/mol. The zero-order valence-corrected chi connectivity index (χ0v) is 10.9. The summed E-state index contributed by atoms with van der Waals surface area (Å²) < 4.78 is 1.74. The Hall–Kier alpha value is -2.11. The molecule has 0 bridgehead atoms. The first kappa shape index (κ1) is 12.3. The van der Waals surface area contributed by atoms with E-state index in [1.54, 1.807) is 4.68 Å². The van der Waals surface area contributed by atoms with Gasteiger partial charge in [-0.25, -0.2) is 4.98 Å². The molecule has 0 saturated carbocycles. The first-order chi connectivity index (χ1) is 8.67. The molecule has 0 atom stereocenters. The highest BCUT2D eigenvalue weighted by molar-refractivity contribution is 5.53. The molecule has 0 amide bonds. The summed E-state index contributed by atoms with van der Waals surface area (Å²) in [6.07, 6.45) is 2.92. The normalized spacial score (nSPS) is 10.4. The Kier molecular flexibility index (Phi) is 3.76. The molecule has 6 nitrogen and oxygen atoms in total. The lowest BCUT2D eigenvalue weighted by molar-refractivity contribution is 0.771. The second-order valence-corrected chi connectivity index (χ2v) is 4.14. The molecule has 2 aromatic heterocycles. The van der Waals surface area contributed by atoms with E-state index >= 15 is 0 Å². The summed E-state index contributed by atoms with van der Waals surface area (Å²) in [7, 11) is 1.88. The van der Waals surface area contributed by atoms with Crippen molar-refractivity contribution in [1.29, 1.82) is 0 Å². The van der Waals surface area contributed by atoms with Crippen molar-refractivity contribution in [2.75, 3.05) is 17.2 Å². The summed E-state index contributed by atoms with van der Waals surface area (Å²) in [6, 6.07) is 3.79. The van der Waals surface area contributed by atoms with E-state index in [2.05, 4.69) is 32.6 Å². The van der Waals surface area contributed by atoms with Crippen LogP contribution in [0.3, 0.4) is 0 Å². The Morgan fingerprint density at radius 3 is 2.78 bits per heavy atom. The zero-order valence-electron chi connectivity index (χ0n) is 10.9. The third-order valence-electron chi connectivity index (χ3n) is 2.36. The molecule has 0 aromatic carbocycles. The van der Waals surface area contributed by atoms with Gasteiger partial charge in [-0.05, 0) is 13.3 Å². The first-order valence-electron chi connectivity index (χ1n) is 6.03. The fourth-order valence-electron chi connectivity index (χ4n) is 1.56. The van der Waals surface area contributed by atoms with E-state index in [9.17, 15) is 0 Å². The maximum atomic E-state index is 4.39. The lowest BCUT2D eigenvalue weighted by Crippen LogP contribution is -2.07. The van der Waals surface area contributed by atoms with E-state index in [0.29, 0.717) is 5.95 Å². The molecule has 2 aromatic rings. The standard InChI is InChI=1S/C12H18N6/c1-4-6-13-12-14-9(2)8-11(16-12)15-10-5-7-18(3)17-10/h5,7-8H,4,6H2,1-3H3,(H2,13,14,15,16,17). The maximum absolute atomic E-state index is 4.39. The van der Waals surface area contributed by atoms with Gasteiger partial charge in [0.2, 0.25) is 5.95 Å². The van der Waals surface area contributed by atoms with Crippen molar-refractivity contribution in [3.63, 3.8) is 0 Å². The number of hydrogen-bond acceptors (Lipinski definition) is 5. The van der Waals surface area contributed by atoms with Crippen LogP contribution in [0.25, 0.3) is 0 Å². The Morgan fingerprint density at radius 1 is 1.28 bits per heavy atom. The van der Waals surface area contributed by atoms with E-state index in [-0.39, 0.29) is 0 Å². The number of nitrogens with one attached hydrogen (secondary N) is 2. The van der Waals surface area contributed by atoms with Gasteiger partial charge in [0.25, 0.3) is 0 Å². The van der Waals surface area contributed by atoms with Gasteiger partial charge in [-0.1, -0.05) is 6.92 Å². The second-order valence-electron chi connectivity index (χ2n) is 4.14. The smallest absolute Gasteiger partial charge is 0.224 e. The molecule has 18 heavy (non-hydrogen) atoms. The Labute approximate surface area is 106 Å². The van der Waals surface area contributed by atoms with Crippen LogP contribution in [-0.4, -0.2) is 26.3 Å². The van der Waals surface area contributed by atoms with Gasteiger partial charge in [-0.2, -0.15) is 10.1 Å². The summed E-state index contributed by atoms with van der Waals surface area (Å²) in [4.78, 5) is 8.72. The zero-order chi connectivity index (χ0) is 13.0. The van der Waals surface area contributed by atoms with Gasteiger partial charge in [0, 0.05) is 37.6 Å². The predicted molar refractivity (Wildman–Crippen MR) is 72.0 cm³/mol. The predicted octanol–water partition coefficient (Wildman–Crippen LogP) is 2.08. The molecule has 0 radical (unpaired) electrons. The highest BCUT2D eigenvalue weighted by Crippen LogP contribution is 2.14. The van der Waals surface area contributed by atoms with Gasteiger partial charge in [0.05, 0.1) is 0 Å². The number of anilines is 3. The highest BCUT2D eigenvalue weighted by atomic mass is 15.3. The van der Waals surface area contributed by atoms with Crippen LogP contribution in [0.2, 0.25) is 0 Å². The monoisotopic (exact) mass is 246 g/mol. The Morgan fingerprint density at radius 2 is 2.11 bits per heavy atom. The molecule has 6 heteroatoms. The molecule has 0 aliphatic heterocycles. The van der Waals surface area contributed by atoms with Crippen molar-refractivity contribution in [2.24, 2.45) is 7.05 Å². The Bertz CT molecular complexity index is 519. The van der Waals surface area contributed by atoms with E-state index in [1.807, 2.05) is 32.3 Å². The minimum absolute atomic E-state index is 0.648. The highest BCUT2D eigenvalue weighted by Gasteiger charge is 2.03. The number of nitrogens with zero attached hydrogens (tertiary/aromatic N) is 4. The number of rotatable bonds is 5. The van der Waals surface area contributed by atoms with E-state index < -0.39 is 0 Å². The van der Waals surface area contributed by atoms with E-state index in [0.717, 1.165) is 30.3 Å². The van der Waals surface area contributed by atoms with Gasteiger partial charge in [0.1, 0.15) is 5.82 Å². The minimum atomic E-state index is 0.648. The SMILES string of the molecule is CCCNc1nc(C)cc(Nc2ccn(C)n2)n1. The topological polar surface area (TPSA) is 67.7 Å². The number of aryl methyl sites for hydroxylation is 2. The Balaban J connectivity index is 2.14. The van der Waals surface area contributed by atoms with Crippen LogP contribution in [0.4, 0.5) is 17.6 Å². The molecule has 0 aliphatic rings. The van der Waals surface area contributed by atoms with Crippen molar-refractivity contribution in [3.8, 4) is 0 Å². The summed E-state index contributed by atoms with van der Waals surface area (Å²) in [5.41, 5.74) is 0.919. The van der Waals surface area contributed by atoms with E-state index in [1.165, 1.54) is 0 Å². The molecule has 2 rings (SSSR count). The van der Waals surface area contributed by atoms with E-state index in [4.69, 9.17) is 0 Å². The number of aromatic nitrogens is 4. The molecule has 0 spiro atoms. The minimum Gasteiger partial charge on any atom is -0.354 e. The van der Waals surface area contributed by atoms with Crippen LogP contribution < -0.4 is 10.6 Å². The van der Waals surface area contributed by atoms with Crippen LogP contribution in [0.15, 0.2) is 18.3 Å². The van der Waals surface area contributed by atoms with Crippen molar-refractivity contribution < 1.29 is 0 Å². The van der Waals surface area contributed by atoms with Crippen LogP contribution >= 0.6 is 0 Å². The summed E-state index contributed by atoms with van der Waals surface area (Å²) in [5.74, 6) is 2.17. The van der Waals surface area contributed by atoms with Crippen LogP contribution in [0, 0.1) is 6.92 Å². The fourth-order valence-corrected chi connectivity index (χ4v) is 1.56. The van der Waals surface area contributed by atoms with Gasteiger partial charge in [-0.15, -0.1) is 0 Å². The average Bonchev–Trinajstić information content (AvgIpc) is 2.71. The molecular formula is C12H18N6. The summed E-state index contributed by atoms with van der Waals surface area (Å²) in [6.45, 7) is 4.92. The lowest BCUT2D eigenvalue weighted by Gasteiger charge is -2.07. The molecule has 0 fully saturated rings. The quantitative estimate of drug-likeness (QED) is 0.845. The third kappa shape index (κ3) is 3.19. The van der Waals surface area contributed by atoms with Crippen molar-refractivity contribution in [3.05, 3.63) is 24.0 Å². The largest absolute Gasteiger partial charge is 0.354 e. The maximum Gasteiger partial charge on any atom is 0.224 e. The fraction of sp³-hybridized carbons (Fsp3) is 0.417. The van der Waals surface area contributed by atoms with Crippen LogP contribution in [0.1, 0.15) is 19.0 Å². The van der Waals surface area contributed by atoms with Gasteiger partial charge in [-0.3, -0.25) is 4.68 Å². The molecule has 96 valence electrons. The molecule has 2 N–H and O–H groups in total. The molecule has 0 aliphatic carbocycles. The molecule has 0 saturated heterocycles. The van der Waals surface area contributed by atoms with Crippen LogP contribution in [-0.2, 0) is 7.05 Å². The van der Waals surface area contributed by atoms with Crippen LogP contribution in [0.5, 0.6) is 0 Å². The molecule has 2 heterocycles. The second kappa shape index (κ2) is 5.48. The van der Waals surface area contributed by atoms with Crippen molar-refractivity contribution >= 4 is 17.6 Å². The molecular weight excluding hydrogens is 228 g/mol. The molecule has 0 unspecified atom stereocenters. The van der Waals surface area contributed by atoms with Crippen molar-refractivity contribution in [1.82, 2.24) is 19.7 Å². The van der Waals surface area contributed by atoms with Gasteiger partial charge in [0.15, 0.2) is 5.82 Å². The lowest BCUT2D eigenvalue weighted by atomic mass is 10.4. The first-order valence-corrected chi connectivity index (χ1v) is 6.03. The van der Waals surface area contributed by atoms with Gasteiger partial charge >= 0.3 is 0 Å². The third-order valence-corrected chi connectivity index (χ3v) is 2.36. The number of hydrogen-bond donors (Lipinski definition) is 2. The van der Waals surface area contributed by atoms with Gasteiger partial charge < -0.3 is 10.6 Å².